The Balaban J connectivity index is 2.70. The number of carbonyl (C=O) groups is 1. The summed E-state index contributed by atoms with van der Waals surface area (Å²) in [4.78, 5) is 10.6. The molecule has 0 saturated heterocycles. The lowest BCUT2D eigenvalue weighted by Gasteiger charge is -2.10. The number of rotatable bonds is 5. The number of carboxylic acids is 1. The van der Waals surface area contributed by atoms with Gasteiger partial charge in [-0.25, -0.2) is 13.1 Å². The molecular formula is C11H12N2O4S. The summed E-state index contributed by atoms with van der Waals surface area (Å²) in [6, 6.07) is 8.27. The lowest BCUT2D eigenvalue weighted by atomic mass is 10.1. The van der Waals surface area contributed by atoms with E-state index in [0.717, 1.165) is 6.92 Å². The number of nitrogens with one attached hydrogen (secondary N) is 1. The second-order valence-corrected chi connectivity index (χ2v) is 5.74. The van der Waals surface area contributed by atoms with Crippen LogP contribution in [0.4, 0.5) is 0 Å². The van der Waals surface area contributed by atoms with E-state index in [-0.39, 0.29) is 6.54 Å². The van der Waals surface area contributed by atoms with Crippen LogP contribution in [0.5, 0.6) is 0 Å². The van der Waals surface area contributed by atoms with E-state index in [1.54, 1.807) is 24.3 Å². The number of nitrogens with zero attached hydrogens (tertiary/aromatic N) is 1. The Morgan fingerprint density at radius 2 is 2.00 bits per heavy atom. The molecule has 1 unspecified atom stereocenters. The molecule has 0 fully saturated rings. The molecule has 1 aromatic rings. The van der Waals surface area contributed by atoms with Gasteiger partial charge in [0.1, 0.15) is 0 Å². The van der Waals surface area contributed by atoms with E-state index in [1.807, 2.05) is 6.07 Å². The van der Waals surface area contributed by atoms with Crippen molar-refractivity contribution in [3.05, 3.63) is 35.4 Å². The van der Waals surface area contributed by atoms with Crippen LogP contribution in [0.15, 0.2) is 24.3 Å². The summed E-state index contributed by atoms with van der Waals surface area (Å²) < 4.78 is 25.3. The molecule has 1 atom stereocenters. The van der Waals surface area contributed by atoms with E-state index in [1.165, 1.54) is 0 Å². The molecule has 6 nitrogen and oxygen atoms in total. The number of nitriles is 1. The Kier molecular flexibility index (Phi) is 4.42. The monoisotopic (exact) mass is 268 g/mol. The molecule has 0 aliphatic carbocycles. The van der Waals surface area contributed by atoms with E-state index < -0.39 is 21.2 Å². The van der Waals surface area contributed by atoms with Gasteiger partial charge in [-0.15, -0.1) is 0 Å². The zero-order valence-electron chi connectivity index (χ0n) is 9.62. The number of hydrogen-bond acceptors (Lipinski definition) is 4. The topological polar surface area (TPSA) is 107 Å². The lowest BCUT2D eigenvalue weighted by molar-refractivity contribution is -0.136. The van der Waals surface area contributed by atoms with Gasteiger partial charge in [0.25, 0.3) is 0 Å². The summed E-state index contributed by atoms with van der Waals surface area (Å²) >= 11 is 0. The highest BCUT2D eigenvalue weighted by atomic mass is 32.2. The van der Waals surface area contributed by atoms with Gasteiger partial charge in [0.15, 0.2) is 5.25 Å². The van der Waals surface area contributed by atoms with Crippen molar-refractivity contribution in [2.24, 2.45) is 0 Å². The fourth-order valence-corrected chi connectivity index (χ4v) is 2.02. The summed E-state index contributed by atoms with van der Waals surface area (Å²) in [5.74, 6) is -1.40. The summed E-state index contributed by atoms with van der Waals surface area (Å²) in [6.07, 6.45) is 0. The summed E-state index contributed by atoms with van der Waals surface area (Å²) in [5, 5.41) is 15.7. The zero-order chi connectivity index (χ0) is 13.8. The number of hydrogen-bond donors (Lipinski definition) is 2. The second kappa shape index (κ2) is 5.62. The molecule has 1 rings (SSSR count). The predicted octanol–water partition coefficient (Wildman–Crippen LogP) is 0.451. The Labute approximate surface area is 105 Å². The van der Waals surface area contributed by atoms with Crippen LogP contribution in [-0.2, 0) is 21.4 Å². The minimum atomic E-state index is -3.89. The molecule has 0 heterocycles. The first-order chi connectivity index (χ1) is 8.36. The highest BCUT2D eigenvalue weighted by Gasteiger charge is 2.26. The molecule has 0 spiro atoms. The SMILES string of the molecule is CC(C(=O)O)S(=O)(=O)NCc1ccc(C#N)cc1. The smallest absolute Gasteiger partial charge is 0.323 e. The van der Waals surface area contributed by atoms with Gasteiger partial charge in [-0.05, 0) is 24.6 Å². The van der Waals surface area contributed by atoms with Crippen LogP contribution in [0.1, 0.15) is 18.1 Å². The van der Waals surface area contributed by atoms with E-state index in [2.05, 4.69) is 4.72 Å². The molecule has 18 heavy (non-hydrogen) atoms. The van der Waals surface area contributed by atoms with Crippen LogP contribution in [-0.4, -0.2) is 24.7 Å². The summed E-state index contributed by atoms with van der Waals surface area (Å²) in [7, 11) is -3.89. The first-order valence-electron chi connectivity index (χ1n) is 5.07. The Hall–Kier alpha value is -1.91. The van der Waals surface area contributed by atoms with Gasteiger partial charge in [0, 0.05) is 6.54 Å². The Bertz CT molecular complexity index is 572. The van der Waals surface area contributed by atoms with Crippen LogP contribution in [0.25, 0.3) is 0 Å². The molecule has 0 aromatic heterocycles. The molecule has 0 aliphatic rings. The van der Waals surface area contributed by atoms with Crippen LogP contribution < -0.4 is 4.72 Å². The molecule has 0 radical (unpaired) electrons. The van der Waals surface area contributed by atoms with Crippen LogP contribution >= 0.6 is 0 Å². The zero-order valence-corrected chi connectivity index (χ0v) is 10.4. The molecule has 0 saturated carbocycles. The quantitative estimate of drug-likeness (QED) is 0.806. The number of aliphatic carboxylic acids is 1. The maximum absolute atomic E-state index is 11.5. The van der Waals surface area contributed by atoms with Gasteiger partial charge in [0.05, 0.1) is 11.6 Å². The number of sulfonamides is 1. The van der Waals surface area contributed by atoms with E-state index in [9.17, 15) is 13.2 Å². The average Bonchev–Trinajstić information content (AvgIpc) is 2.36. The molecule has 0 aliphatic heterocycles. The molecule has 7 heteroatoms. The average molecular weight is 268 g/mol. The van der Waals surface area contributed by atoms with Crippen molar-refractivity contribution < 1.29 is 18.3 Å². The third-order valence-electron chi connectivity index (χ3n) is 2.37. The first kappa shape index (κ1) is 14.2. The highest BCUT2D eigenvalue weighted by molar-refractivity contribution is 7.90. The highest BCUT2D eigenvalue weighted by Crippen LogP contribution is 2.05. The van der Waals surface area contributed by atoms with Gasteiger partial charge in [0.2, 0.25) is 10.0 Å². The minimum absolute atomic E-state index is 0.00827. The van der Waals surface area contributed by atoms with Crippen molar-refractivity contribution >= 4 is 16.0 Å². The molecule has 0 bridgehead atoms. The third-order valence-corrected chi connectivity index (χ3v) is 4.05. The molecular weight excluding hydrogens is 256 g/mol. The lowest BCUT2D eigenvalue weighted by Crippen LogP contribution is -2.37. The van der Waals surface area contributed by atoms with E-state index >= 15 is 0 Å². The van der Waals surface area contributed by atoms with Crippen LogP contribution in [0.3, 0.4) is 0 Å². The normalized spacial score (nSPS) is 12.7. The van der Waals surface area contributed by atoms with Gasteiger partial charge in [-0.2, -0.15) is 5.26 Å². The van der Waals surface area contributed by atoms with E-state index in [4.69, 9.17) is 10.4 Å². The fraction of sp³-hybridized carbons (Fsp3) is 0.273. The first-order valence-corrected chi connectivity index (χ1v) is 6.62. The van der Waals surface area contributed by atoms with Gasteiger partial charge >= 0.3 is 5.97 Å². The largest absolute Gasteiger partial charge is 0.480 e. The van der Waals surface area contributed by atoms with Gasteiger partial charge in [-0.3, -0.25) is 4.79 Å². The van der Waals surface area contributed by atoms with Crippen LogP contribution in [0, 0.1) is 11.3 Å². The molecule has 2 N–H and O–H groups in total. The Morgan fingerprint density at radius 3 is 2.44 bits per heavy atom. The number of carboxylic acid groups (broad SMARTS) is 1. The minimum Gasteiger partial charge on any atom is -0.480 e. The fourth-order valence-electron chi connectivity index (χ4n) is 1.14. The van der Waals surface area contributed by atoms with Crippen LogP contribution in [0.2, 0.25) is 0 Å². The van der Waals surface area contributed by atoms with Crippen molar-refractivity contribution in [1.29, 1.82) is 5.26 Å². The molecule has 0 amide bonds. The van der Waals surface area contributed by atoms with Crippen molar-refractivity contribution in [2.45, 2.75) is 18.7 Å². The van der Waals surface area contributed by atoms with Crippen molar-refractivity contribution in [3.8, 4) is 6.07 Å². The maximum atomic E-state index is 11.5. The number of benzene rings is 1. The molecule has 1 aromatic carbocycles. The maximum Gasteiger partial charge on any atom is 0.323 e. The Morgan fingerprint density at radius 1 is 1.44 bits per heavy atom. The third kappa shape index (κ3) is 3.55. The standard InChI is InChI=1S/C11H12N2O4S/c1-8(11(14)15)18(16,17)13-7-10-4-2-9(6-12)3-5-10/h2-5,8,13H,7H2,1H3,(H,14,15). The van der Waals surface area contributed by atoms with Gasteiger partial charge in [-0.1, -0.05) is 12.1 Å². The van der Waals surface area contributed by atoms with Gasteiger partial charge < -0.3 is 5.11 Å². The van der Waals surface area contributed by atoms with E-state index in [0.29, 0.717) is 11.1 Å². The second-order valence-electron chi connectivity index (χ2n) is 3.66. The van der Waals surface area contributed by atoms with Crippen molar-refractivity contribution in [3.63, 3.8) is 0 Å². The van der Waals surface area contributed by atoms with Crippen molar-refractivity contribution in [1.82, 2.24) is 4.72 Å². The predicted molar refractivity (Wildman–Crippen MR) is 64.0 cm³/mol. The summed E-state index contributed by atoms with van der Waals surface area (Å²) in [6.45, 7) is 1.09. The van der Waals surface area contributed by atoms with Crippen molar-refractivity contribution in [2.75, 3.05) is 0 Å². The summed E-state index contributed by atoms with van der Waals surface area (Å²) in [5.41, 5.74) is 1.12. The molecule has 96 valence electrons.